The highest BCUT2D eigenvalue weighted by Crippen LogP contribution is 2.41. The Morgan fingerprint density at radius 2 is 1.76 bits per heavy atom. The molecule has 2 atom stereocenters. The van der Waals surface area contributed by atoms with E-state index in [0.717, 1.165) is 40.4 Å². The third kappa shape index (κ3) is 5.00. The lowest BCUT2D eigenvalue weighted by atomic mass is 9.96. The van der Waals surface area contributed by atoms with E-state index in [-0.39, 0.29) is 24.5 Å². The summed E-state index contributed by atoms with van der Waals surface area (Å²) in [6, 6.07) is 25.9. The minimum Gasteiger partial charge on any atom is -0.352 e. The normalized spacial score (nSPS) is 17.1. The molecule has 7 heteroatoms. The van der Waals surface area contributed by atoms with E-state index in [1.54, 1.807) is 6.20 Å². The number of rotatable bonds is 7. The second-order valence-electron chi connectivity index (χ2n) is 9.35. The molecule has 1 aliphatic heterocycles. The van der Waals surface area contributed by atoms with Gasteiger partial charge in [0.1, 0.15) is 6.54 Å². The van der Waals surface area contributed by atoms with Crippen LogP contribution in [-0.4, -0.2) is 32.0 Å². The quantitative estimate of drug-likeness (QED) is 0.315. The summed E-state index contributed by atoms with van der Waals surface area (Å²) in [4.78, 5) is 19.7. The Hall–Kier alpha value is -3.97. The lowest BCUT2D eigenvalue weighted by Crippen LogP contribution is -2.37. The number of hydrogen-bond acceptors (Lipinski definition) is 3. The maximum atomic E-state index is 13.1. The standard InChI is InChI=1S/C30H31N5OS/c1-4-22-13-15-24(16-14-22)35-20(2)18-25(21(35)3)29-28(26-12-8-9-17-31-26)33-30(37)34(29)19-27(36)32-23-10-6-5-7-11-23/h5-18,28-29H,4,19H2,1-3H3,(H,32,36)(H,33,37). The second kappa shape index (κ2) is 10.6. The zero-order chi connectivity index (χ0) is 25.9. The Bertz CT molecular complexity index is 1400. The predicted octanol–water partition coefficient (Wildman–Crippen LogP) is 5.66. The lowest BCUT2D eigenvalue weighted by molar-refractivity contribution is -0.116. The van der Waals surface area contributed by atoms with Gasteiger partial charge in [-0.05, 0) is 86.1 Å². The molecule has 2 N–H and O–H groups in total. The molecule has 0 saturated carbocycles. The Labute approximate surface area is 223 Å². The molecule has 1 saturated heterocycles. The van der Waals surface area contributed by atoms with E-state index in [9.17, 15) is 4.79 Å². The van der Waals surface area contributed by atoms with Crippen LogP contribution in [0.4, 0.5) is 5.69 Å². The van der Waals surface area contributed by atoms with E-state index in [0.29, 0.717) is 5.11 Å². The van der Waals surface area contributed by atoms with Crippen LogP contribution in [0, 0.1) is 13.8 Å². The summed E-state index contributed by atoms with van der Waals surface area (Å²) in [5.74, 6) is -0.119. The molecule has 0 aliphatic carbocycles. The first-order valence-corrected chi connectivity index (χ1v) is 13.0. The van der Waals surface area contributed by atoms with E-state index < -0.39 is 0 Å². The fourth-order valence-electron chi connectivity index (χ4n) is 5.16. The number of hydrogen-bond donors (Lipinski definition) is 2. The number of benzene rings is 2. The molecule has 2 aromatic carbocycles. The van der Waals surface area contributed by atoms with E-state index in [4.69, 9.17) is 12.2 Å². The SMILES string of the molecule is CCc1ccc(-n2c(C)cc(C3C(c4ccccn4)NC(=S)N3CC(=O)Nc3ccccc3)c2C)cc1. The van der Waals surface area contributed by atoms with Crippen molar-refractivity contribution in [3.8, 4) is 5.69 Å². The smallest absolute Gasteiger partial charge is 0.244 e. The summed E-state index contributed by atoms with van der Waals surface area (Å²) in [6.07, 6.45) is 2.80. The van der Waals surface area contributed by atoms with Gasteiger partial charge >= 0.3 is 0 Å². The number of carbonyl (C=O) groups is 1. The Kier molecular flexibility index (Phi) is 7.06. The average Bonchev–Trinajstić information content (AvgIpc) is 3.39. The van der Waals surface area contributed by atoms with Gasteiger partial charge in [-0.25, -0.2) is 0 Å². The molecule has 1 aliphatic rings. The van der Waals surface area contributed by atoms with Crippen LogP contribution in [0.5, 0.6) is 0 Å². The van der Waals surface area contributed by atoms with Gasteiger partial charge in [0.05, 0.1) is 17.8 Å². The van der Waals surface area contributed by atoms with Crippen molar-refractivity contribution in [2.24, 2.45) is 0 Å². The molecule has 5 rings (SSSR count). The van der Waals surface area contributed by atoms with Gasteiger partial charge in [0.2, 0.25) is 5.91 Å². The zero-order valence-corrected chi connectivity index (χ0v) is 22.1. The van der Waals surface area contributed by atoms with E-state index >= 15 is 0 Å². The fraction of sp³-hybridized carbons (Fsp3) is 0.233. The van der Waals surface area contributed by atoms with E-state index in [2.05, 4.69) is 71.3 Å². The highest BCUT2D eigenvalue weighted by molar-refractivity contribution is 7.80. The summed E-state index contributed by atoms with van der Waals surface area (Å²) in [5, 5.41) is 6.99. The Balaban J connectivity index is 1.53. The number of aryl methyl sites for hydroxylation is 2. The second-order valence-corrected chi connectivity index (χ2v) is 9.74. The number of nitrogens with one attached hydrogen (secondary N) is 2. The van der Waals surface area contributed by atoms with Gasteiger partial charge in [-0.15, -0.1) is 0 Å². The van der Waals surface area contributed by atoms with Gasteiger partial charge < -0.3 is 20.1 Å². The highest BCUT2D eigenvalue weighted by atomic mass is 32.1. The molecule has 6 nitrogen and oxygen atoms in total. The molecule has 0 bridgehead atoms. The number of anilines is 1. The molecule has 0 spiro atoms. The average molecular weight is 510 g/mol. The van der Waals surface area contributed by atoms with Crippen molar-refractivity contribution in [1.82, 2.24) is 19.8 Å². The molecule has 2 unspecified atom stereocenters. The summed E-state index contributed by atoms with van der Waals surface area (Å²) in [5.41, 5.74) is 7.44. The van der Waals surface area contributed by atoms with Crippen molar-refractivity contribution in [3.63, 3.8) is 0 Å². The number of pyridine rings is 1. The van der Waals surface area contributed by atoms with Crippen LogP contribution in [0.25, 0.3) is 5.69 Å². The Morgan fingerprint density at radius 3 is 2.43 bits per heavy atom. The van der Waals surface area contributed by atoms with Crippen molar-refractivity contribution in [1.29, 1.82) is 0 Å². The largest absolute Gasteiger partial charge is 0.352 e. The van der Waals surface area contributed by atoms with Gasteiger partial charge in [-0.2, -0.15) is 0 Å². The number of thiocarbonyl (C=S) groups is 1. The molecule has 0 radical (unpaired) electrons. The fourth-order valence-corrected chi connectivity index (χ4v) is 5.46. The number of carbonyl (C=O) groups excluding carboxylic acids is 1. The van der Waals surface area contributed by atoms with Crippen LogP contribution in [0.15, 0.2) is 85.1 Å². The van der Waals surface area contributed by atoms with Gasteiger partial charge in [0.15, 0.2) is 5.11 Å². The first-order chi connectivity index (χ1) is 18.0. The first-order valence-electron chi connectivity index (χ1n) is 12.6. The van der Waals surface area contributed by atoms with Crippen LogP contribution in [0.3, 0.4) is 0 Å². The van der Waals surface area contributed by atoms with Crippen molar-refractivity contribution in [2.75, 3.05) is 11.9 Å². The molecule has 1 amide bonds. The van der Waals surface area contributed by atoms with Crippen molar-refractivity contribution in [2.45, 2.75) is 39.3 Å². The van der Waals surface area contributed by atoms with Crippen LogP contribution in [0.2, 0.25) is 0 Å². The van der Waals surface area contributed by atoms with Gasteiger partial charge in [-0.1, -0.05) is 43.3 Å². The maximum absolute atomic E-state index is 13.1. The number of aromatic nitrogens is 2. The molecule has 37 heavy (non-hydrogen) atoms. The van der Waals surface area contributed by atoms with Crippen molar-refractivity contribution >= 4 is 28.9 Å². The van der Waals surface area contributed by atoms with E-state index in [1.165, 1.54) is 5.56 Å². The first kappa shape index (κ1) is 24.7. The summed E-state index contributed by atoms with van der Waals surface area (Å²) in [6.45, 7) is 6.54. The molecule has 3 heterocycles. The van der Waals surface area contributed by atoms with E-state index in [1.807, 2.05) is 53.4 Å². The summed E-state index contributed by atoms with van der Waals surface area (Å²) in [7, 11) is 0. The third-order valence-electron chi connectivity index (χ3n) is 6.96. The third-order valence-corrected chi connectivity index (χ3v) is 7.31. The van der Waals surface area contributed by atoms with Gasteiger partial charge in [0, 0.05) is 29.0 Å². The summed E-state index contributed by atoms with van der Waals surface area (Å²) < 4.78 is 2.27. The molecule has 188 valence electrons. The van der Waals surface area contributed by atoms with Crippen LogP contribution >= 0.6 is 12.2 Å². The summed E-state index contributed by atoms with van der Waals surface area (Å²) >= 11 is 5.78. The Morgan fingerprint density at radius 1 is 1.03 bits per heavy atom. The van der Waals surface area contributed by atoms with Crippen LogP contribution < -0.4 is 10.6 Å². The lowest BCUT2D eigenvalue weighted by Gasteiger charge is -2.27. The highest BCUT2D eigenvalue weighted by Gasteiger charge is 2.42. The molecular formula is C30H31N5OS. The van der Waals surface area contributed by atoms with Crippen molar-refractivity contribution in [3.05, 3.63) is 113 Å². The molecule has 4 aromatic rings. The van der Waals surface area contributed by atoms with Crippen LogP contribution in [0.1, 0.15) is 47.2 Å². The molecule has 2 aromatic heterocycles. The number of amides is 1. The van der Waals surface area contributed by atoms with Crippen molar-refractivity contribution < 1.29 is 4.79 Å². The van der Waals surface area contributed by atoms with Crippen LogP contribution in [-0.2, 0) is 11.2 Å². The maximum Gasteiger partial charge on any atom is 0.244 e. The topological polar surface area (TPSA) is 62.2 Å². The number of para-hydroxylation sites is 1. The minimum absolute atomic E-state index is 0.119. The van der Waals surface area contributed by atoms with Gasteiger partial charge in [0.25, 0.3) is 0 Å². The minimum atomic E-state index is -0.196. The zero-order valence-electron chi connectivity index (χ0n) is 21.3. The molecule has 1 fully saturated rings. The number of nitrogens with zero attached hydrogens (tertiary/aromatic N) is 3. The molecular weight excluding hydrogens is 478 g/mol. The predicted molar refractivity (Wildman–Crippen MR) is 152 cm³/mol. The van der Waals surface area contributed by atoms with Gasteiger partial charge in [-0.3, -0.25) is 9.78 Å². The monoisotopic (exact) mass is 509 g/mol.